The van der Waals surface area contributed by atoms with Gasteiger partial charge < -0.3 is 10.1 Å². The number of carbonyl (C=O) groups is 2. The molecule has 106 valence electrons. The first-order valence-electron chi connectivity index (χ1n) is 6.13. The molecule has 1 heterocycles. The van der Waals surface area contributed by atoms with E-state index in [1.165, 1.54) is 18.3 Å². The van der Waals surface area contributed by atoms with Crippen molar-refractivity contribution in [3.63, 3.8) is 0 Å². The topological polar surface area (TPSA) is 68.3 Å². The molecule has 0 fully saturated rings. The molecule has 0 aliphatic heterocycles. The zero-order valence-corrected chi connectivity index (χ0v) is 12.8. The molecule has 0 unspecified atom stereocenters. The van der Waals surface area contributed by atoms with Crippen LogP contribution in [0.4, 0.5) is 4.79 Å². The first kappa shape index (κ1) is 15.6. The minimum absolute atomic E-state index is 0.0290. The number of Topliss-reactive ketones (excluding diaryl/α,β-unsaturated/α-hetero) is 1. The first-order valence-corrected chi connectivity index (χ1v) is 6.95. The monoisotopic (exact) mass is 284 g/mol. The molecule has 1 N–H and O–H groups in total. The number of thiazole rings is 1. The molecule has 0 aromatic carbocycles. The van der Waals surface area contributed by atoms with Crippen LogP contribution in [-0.2, 0) is 11.2 Å². The van der Waals surface area contributed by atoms with E-state index in [1.807, 2.05) is 27.7 Å². The van der Waals surface area contributed by atoms with Crippen LogP contribution < -0.4 is 5.32 Å². The highest BCUT2D eigenvalue weighted by Crippen LogP contribution is 2.18. The van der Waals surface area contributed by atoms with E-state index in [-0.39, 0.29) is 5.78 Å². The van der Waals surface area contributed by atoms with Crippen LogP contribution >= 0.6 is 11.3 Å². The van der Waals surface area contributed by atoms with Crippen LogP contribution in [0.1, 0.15) is 48.1 Å². The van der Waals surface area contributed by atoms with Gasteiger partial charge in [0.15, 0.2) is 5.78 Å². The molecular formula is C13H20N2O3S. The summed E-state index contributed by atoms with van der Waals surface area (Å²) in [6, 6.07) is 0. The van der Waals surface area contributed by atoms with Gasteiger partial charge in [-0.1, -0.05) is 0 Å². The summed E-state index contributed by atoms with van der Waals surface area (Å²) in [5, 5.41) is 3.51. The second kappa shape index (κ2) is 6.14. The number of hydrogen-bond donors (Lipinski definition) is 1. The average molecular weight is 284 g/mol. The normalized spacial score (nSPS) is 11.2. The summed E-state index contributed by atoms with van der Waals surface area (Å²) < 4.78 is 5.12. The van der Waals surface area contributed by atoms with Gasteiger partial charge in [0.2, 0.25) is 0 Å². The third-order valence-corrected chi connectivity index (χ3v) is 3.49. The van der Waals surface area contributed by atoms with E-state index in [2.05, 4.69) is 10.3 Å². The van der Waals surface area contributed by atoms with Crippen molar-refractivity contribution in [2.75, 3.05) is 6.54 Å². The predicted molar refractivity (Wildman–Crippen MR) is 74.8 cm³/mol. The molecule has 0 saturated heterocycles. The Morgan fingerprint density at radius 2 is 2.00 bits per heavy atom. The number of amides is 1. The summed E-state index contributed by atoms with van der Waals surface area (Å²) in [5.41, 5.74) is 0.258. The van der Waals surface area contributed by atoms with E-state index in [0.717, 1.165) is 10.7 Å². The van der Waals surface area contributed by atoms with Crippen molar-refractivity contribution in [1.29, 1.82) is 0 Å². The Balaban J connectivity index is 2.44. The van der Waals surface area contributed by atoms with Crippen molar-refractivity contribution in [3.05, 3.63) is 15.6 Å². The van der Waals surface area contributed by atoms with Crippen molar-refractivity contribution in [1.82, 2.24) is 10.3 Å². The molecule has 0 atom stereocenters. The van der Waals surface area contributed by atoms with Crippen LogP contribution in [0, 0.1) is 6.92 Å². The molecule has 0 aliphatic carbocycles. The molecule has 1 rings (SSSR count). The van der Waals surface area contributed by atoms with Gasteiger partial charge in [0, 0.05) is 19.9 Å². The number of hydrogen-bond acceptors (Lipinski definition) is 5. The van der Waals surface area contributed by atoms with E-state index in [1.54, 1.807) is 0 Å². The lowest BCUT2D eigenvalue weighted by atomic mass is 10.2. The number of nitrogens with one attached hydrogen (secondary N) is 1. The Morgan fingerprint density at radius 3 is 2.47 bits per heavy atom. The fourth-order valence-electron chi connectivity index (χ4n) is 1.47. The van der Waals surface area contributed by atoms with E-state index >= 15 is 0 Å². The Morgan fingerprint density at radius 1 is 1.37 bits per heavy atom. The largest absolute Gasteiger partial charge is 0.444 e. The average Bonchev–Trinajstić information content (AvgIpc) is 2.57. The number of alkyl carbamates (subject to hydrolysis) is 1. The summed E-state index contributed by atoms with van der Waals surface area (Å²) in [6.07, 6.45) is 0.158. The quantitative estimate of drug-likeness (QED) is 0.863. The van der Waals surface area contributed by atoms with Gasteiger partial charge in [0.05, 0.1) is 15.6 Å². The lowest BCUT2D eigenvalue weighted by Crippen LogP contribution is -2.33. The smallest absolute Gasteiger partial charge is 0.407 e. The van der Waals surface area contributed by atoms with Crippen molar-refractivity contribution in [2.45, 2.75) is 46.6 Å². The van der Waals surface area contributed by atoms with Gasteiger partial charge in [-0.2, -0.15) is 0 Å². The predicted octanol–water partition coefficient (Wildman–Crippen LogP) is 2.72. The second-order valence-corrected chi connectivity index (χ2v) is 6.34. The Labute approximate surface area is 117 Å². The zero-order chi connectivity index (χ0) is 14.6. The number of aryl methyl sites for hydroxylation is 1. The minimum atomic E-state index is -0.496. The molecule has 0 radical (unpaired) electrons. The SMILES string of the molecule is CC(=O)c1sc(CCNC(=O)OC(C)(C)C)nc1C. The van der Waals surface area contributed by atoms with Crippen molar-refractivity contribution >= 4 is 23.2 Å². The minimum Gasteiger partial charge on any atom is -0.444 e. The molecule has 1 amide bonds. The highest BCUT2D eigenvalue weighted by molar-refractivity contribution is 7.13. The zero-order valence-electron chi connectivity index (χ0n) is 12.0. The van der Waals surface area contributed by atoms with Gasteiger partial charge >= 0.3 is 6.09 Å². The summed E-state index contributed by atoms with van der Waals surface area (Å²) in [5.74, 6) is 0.0290. The van der Waals surface area contributed by atoms with Crippen molar-refractivity contribution in [2.24, 2.45) is 0 Å². The molecule has 5 nitrogen and oxygen atoms in total. The van der Waals surface area contributed by atoms with Crippen LogP contribution in [-0.4, -0.2) is 29.0 Å². The Bertz CT molecular complexity index is 475. The van der Waals surface area contributed by atoms with Crippen molar-refractivity contribution < 1.29 is 14.3 Å². The number of ether oxygens (including phenoxy) is 1. The van der Waals surface area contributed by atoms with Crippen molar-refractivity contribution in [3.8, 4) is 0 Å². The van der Waals surface area contributed by atoms with E-state index in [4.69, 9.17) is 4.74 Å². The molecule has 0 spiro atoms. The van der Waals surface area contributed by atoms with Gasteiger partial charge in [-0.15, -0.1) is 11.3 Å². The molecular weight excluding hydrogens is 264 g/mol. The highest BCUT2D eigenvalue weighted by atomic mass is 32.1. The molecule has 1 aromatic rings. The van der Waals surface area contributed by atoms with E-state index in [0.29, 0.717) is 17.8 Å². The molecule has 0 aliphatic rings. The lowest BCUT2D eigenvalue weighted by molar-refractivity contribution is 0.0528. The summed E-state index contributed by atoms with van der Waals surface area (Å²) in [7, 11) is 0. The number of ketones is 1. The van der Waals surface area contributed by atoms with Crippen LogP contribution in [0.5, 0.6) is 0 Å². The van der Waals surface area contributed by atoms with Gasteiger partial charge in [-0.25, -0.2) is 9.78 Å². The maximum Gasteiger partial charge on any atom is 0.407 e. The maximum absolute atomic E-state index is 11.4. The number of carbonyl (C=O) groups excluding carboxylic acids is 2. The number of rotatable bonds is 4. The second-order valence-electron chi connectivity index (χ2n) is 5.26. The Kier molecular flexibility index (Phi) is 5.05. The molecule has 1 aromatic heterocycles. The van der Waals surface area contributed by atoms with Gasteiger partial charge in [-0.3, -0.25) is 4.79 Å². The summed E-state index contributed by atoms with van der Waals surface area (Å²) in [4.78, 5) is 27.7. The molecule has 6 heteroatoms. The van der Waals surface area contributed by atoms with E-state index < -0.39 is 11.7 Å². The fourth-order valence-corrected chi connectivity index (χ4v) is 2.43. The van der Waals surface area contributed by atoms with Crippen LogP contribution in [0.25, 0.3) is 0 Å². The lowest BCUT2D eigenvalue weighted by Gasteiger charge is -2.19. The third kappa shape index (κ3) is 5.38. The summed E-state index contributed by atoms with van der Waals surface area (Å²) in [6.45, 7) is 9.24. The summed E-state index contributed by atoms with van der Waals surface area (Å²) >= 11 is 1.38. The van der Waals surface area contributed by atoms with Gasteiger partial charge in [-0.05, 0) is 27.7 Å². The van der Waals surface area contributed by atoms with Gasteiger partial charge in [0.1, 0.15) is 5.60 Å². The maximum atomic E-state index is 11.4. The number of nitrogens with zero attached hydrogens (tertiary/aromatic N) is 1. The van der Waals surface area contributed by atoms with Crippen LogP contribution in [0.15, 0.2) is 0 Å². The van der Waals surface area contributed by atoms with E-state index in [9.17, 15) is 9.59 Å². The highest BCUT2D eigenvalue weighted by Gasteiger charge is 2.16. The van der Waals surface area contributed by atoms with Crippen LogP contribution in [0.2, 0.25) is 0 Å². The first-order chi connectivity index (χ1) is 8.69. The fraction of sp³-hybridized carbons (Fsp3) is 0.615. The van der Waals surface area contributed by atoms with Crippen LogP contribution in [0.3, 0.4) is 0 Å². The number of aromatic nitrogens is 1. The molecule has 0 saturated carbocycles. The Hall–Kier alpha value is -1.43. The molecule has 0 bridgehead atoms. The standard InChI is InChI=1S/C13H20N2O3S/c1-8-11(9(2)16)19-10(15-8)6-7-14-12(17)18-13(3,4)5/h6-7H2,1-5H3,(H,14,17). The van der Waals surface area contributed by atoms with Gasteiger partial charge in [0.25, 0.3) is 0 Å². The molecule has 19 heavy (non-hydrogen) atoms. The third-order valence-electron chi connectivity index (χ3n) is 2.17.